The lowest BCUT2D eigenvalue weighted by Crippen LogP contribution is -2.40. The number of esters is 1. The van der Waals surface area contributed by atoms with Crippen LogP contribution in [0.3, 0.4) is 0 Å². The van der Waals surface area contributed by atoms with Gasteiger partial charge in [-0.25, -0.2) is 9.48 Å². The molecule has 1 atom stereocenters. The molecule has 166 valence electrons. The second-order valence-corrected chi connectivity index (χ2v) is 8.15. The first kappa shape index (κ1) is 20.2. The molecule has 31 heavy (non-hydrogen) atoms. The molecule has 2 fully saturated rings. The van der Waals surface area contributed by atoms with Gasteiger partial charge in [-0.05, 0) is 30.2 Å². The molecule has 0 unspecified atom stereocenters. The SMILES string of the molecule is CCOC(=O)c1cc2oc([C@H](c3nnnn3C3CCCCC3)N3CCOCC3)cc2[nH]1. The number of nitrogens with one attached hydrogen (secondary N) is 1. The highest BCUT2D eigenvalue weighted by atomic mass is 16.5. The minimum absolute atomic E-state index is 0.215. The molecule has 0 aromatic carbocycles. The maximum atomic E-state index is 12.0. The van der Waals surface area contributed by atoms with Crippen molar-refractivity contribution in [1.29, 1.82) is 0 Å². The van der Waals surface area contributed by atoms with Crippen molar-refractivity contribution in [3.63, 3.8) is 0 Å². The van der Waals surface area contributed by atoms with E-state index in [9.17, 15) is 4.79 Å². The maximum Gasteiger partial charge on any atom is 0.354 e. The van der Waals surface area contributed by atoms with Gasteiger partial charge in [0.2, 0.25) is 0 Å². The average molecular weight is 428 g/mol. The average Bonchev–Trinajstić information content (AvgIpc) is 3.51. The third-order valence-corrected chi connectivity index (χ3v) is 6.18. The molecule has 3 aromatic heterocycles. The second-order valence-electron chi connectivity index (χ2n) is 8.15. The molecule has 1 N–H and O–H groups in total. The standard InChI is InChI=1S/C21H28N6O4/c1-2-30-21(28)16-13-17-15(22-16)12-18(31-17)19(26-8-10-29-11-9-26)20-23-24-25-27(20)14-6-4-3-5-7-14/h12-14,19,22H,2-11H2,1H3/t19-/m1/s1. The highest BCUT2D eigenvalue weighted by molar-refractivity contribution is 5.93. The van der Waals surface area contributed by atoms with Crippen molar-refractivity contribution in [3.8, 4) is 0 Å². The van der Waals surface area contributed by atoms with E-state index in [1.54, 1.807) is 13.0 Å². The fraction of sp³-hybridized carbons (Fsp3) is 0.619. The molecule has 1 aliphatic carbocycles. The lowest BCUT2D eigenvalue weighted by molar-refractivity contribution is 0.0174. The van der Waals surface area contributed by atoms with Crippen LogP contribution in [0.1, 0.15) is 73.2 Å². The first-order valence-corrected chi connectivity index (χ1v) is 11.1. The smallest absolute Gasteiger partial charge is 0.354 e. The number of morpholine rings is 1. The van der Waals surface area contributed by atoms with Crippen LogP contribution in [0.15, 0.2) is 16.5 Å². The predicted molar refractivity (Wildman–Crippen MR) is 111 cm³/mol. The number of carbonyl (C=O) groups excluding carboxylic acids is 1. The molecule has 1 aliphatic heterocycles. The van der Waals surface area contributed by atoms with E-state index in [-0.39, 0.29) is 12.0 Å². The summed E-state index contributed by atoms with van der Waals surface area (Å²) in [5, 5.41) is 12.8. The van der Waals surface area contributed by atoms with Crippen molar-refractivity contribution in [3.05, 3.63) is 29.4 Å². The summed E-state index contributed by atoms with van der Waals surface area (Å²) in [4.78, 5) is 17.5. The van der Waals surface area contributed by atoms with Gasteiger partial charge in [-0.1, -0.05) is 19.3 Å². The highest BCUT2D eigenvalue weighted by Crippen LogP contribution is 2.35. The van der Waals surface area contributed by atoms with Gasteiger partial charge in [0.05, 0.1) is 31.4 Å². The molecule has 0 bridgehead atoms. The Bertz CT molecular complexity index is 996. The van der Waals surface area contributed by atoms with E-state index in [4.69, 9.17) is 13.9 Å². The first-order valence-electron chi connectivity index (χ1n) is 11.1. The van der Waals surface area contributed by atoms with Crippen LogP contribution in [0.2, 0.25) is 0 Å². The van der Waals surface area contributed by atoms with Gasteiger partial charge in [0.1, 0.15) is 17.5 Å². The summed E-state index contributed by atoms with van der Waals surface area (Å²) < 4.78 is 18.9. The van der Waals surface area contributed by atoms with Crippen LogP contribution in [0.5, 0.6) is 0 Å². The van der Waals surface area contributed by atoms with Crippen LogP contribution >= 0.6 is 0 Å². The molecule has 0 radical (unpaired) electrons. The van der Waals surface area contributed by atoms with E-state index >= 15 is 0 Å². The summed E-state index contributed by atoms with van der Waals surface area (Å²) in [6.07, 6.45) is 5.86. The zero-order chi connectivity index (χ0) is 21.2. The van der Waals surface area contributed by atoms with Crippen molar-refractivity contribution >= 4 is 17.1 Å². The highest BCUT2D eigenvalue weighted by Gasteiger charge is 2.34. The Morgan fingerprint density at radius 3 is 2.81 bits per heavy atom. The Hall–Kier alpha value is -2.72. The summed E-state index contributed by atoms with van der Waals surface area (Å²) in [6.45, 7) is 4.97. The summed E-state index contributed by atoms with van der Waals surface area (Å²) in [5.74, 6) is 1.17. The number of fused-ring (bicyclic) bond motifs is 1. The van der Waals surface area contributed by atoms with Crippen LogP contribution in [0, 0.1) is 0 Å². The Balaban J connectivity index is 1.51. The lowest BCUT2D eigenvalue weighted by atomic mass is 9.95. The summed E-state index contributed by atoms with van der Waals surface area (Å²) >= 11 is 0. The van der Waals surface area contributed by atoms with Gasteiger partial charge < -0.3 is 18.9 Å². The quantitative estimate of drug-likeness (QED) is 0.597. The molecular formula is C21H28N6O4. The first-order chi connectivity index (χ1) is 15.2. The number of ether oxygens (including phenoxy) is 2. The van der Waals surface area contributed by atoms with E-state index in [1.807, 2.05) is 10.7 Å². The zero-order valence-electron chi connectivity index (χ0n) is 17.7. The number of aromatic amines is 1. The predicted octanol–water partition coefficient (Wildman–Crippen LogP) is 2.85. The van der Waals surface area contributed by atoms with Gasteiger partial charge in [0.15, 0.2) is 11.4 Å². The molecule has 5 rings (SSSR count). The van der Waals surface area contributed by atoms with E-state index in [0.717, 1.165) is 43.0 Å². The number of rotatable bonds is 6. The van der Waals surface area contributed by atoms with Crippen LogP contribution in [0.25, 0.3) is 11.1 Å². The van der Waals surface area contributed by atoms with Crippen molar-refractivity contribution in [2.45, 2.75) is 51.1 Å². The van der Waals surface area contributed by atoms with Crippen LogP contribution < -0.4 is 0 Å². The number of tetrazole rings is 1. The fourth-order valence-corrected chi connectivity index (χ4v) is 4.67. The Labute approximate surface area is 179 Å². The maximum absolute atomic E-state index is 12.0. The number of H-pyrrole nitrogens is 1. The van der Waals surface area contributed by atoms with Crippen LogP contribution in [0.4, 0.5) is 0 Å². The largest absolute Gasteiger partial charge is 0.461 e. The van der Waals surface area contributed by atoms with Gasteiger partial charge in [-0.2, -0.15) is 0 Å². The molecular weight excluding hydrogens is 400 g/mol. The van der Waals surface area contributed by atoms with Crippen LogP contribution in [-0.4, -0.2) is 69.0 Å². The monoisotopic (exact) mass is 428 g/mol. The van der Waals surface area contributed by atoms with Crippen molar-refractivity contribution < 1.29 is 18.7 Å². The number of hydrogen-bond donors (Lipinski definition) is 1. The second kappa shape index (κ2) is 8.80. The van der Waals surface area contributed by atoms with Gasteiger partial charge in [0, 0.05) is 25.2 Å². The van der Waals surface area contributed by atoms with E-state index in [0.29, 0.717) is 37.1 Å². The summed E-state index contributed by atoms with van der Waals surface area (Å²) in [5.41, 5.74) is 1.76. The molecule has 10 heteroatoms. The Kier molecular flexibility index (Phi) is 5.73. The van der Waals surface area contributed by atoms with Crippen molar-refractivity contribution in [2.75, 3.05) is 32.9 Å². The number of carbonyl (C=O) groups is 1. The summed E-state index contributed by atoms with van der Waals surface area (Å²) in [6, 6.07) is 3.74. The minimum Gasteiger partial charge on any atom is -0.461 e. The zero-order valence-corrected chi connectivity index (χ0v) is 17.7. The molecule has 0 amide bonds. The number of furan rings is 1. The number of nitrogens with zero attached hydrogens (tertiary/aromatic N) is 5. The molecule has 3 aromatic rings. The molecule has 1 saturated carbocycles. The topological polar surface area (TPSA) is 111 Å². The van der Waals surface area contributed by atoms with Gasteiger partial charge in [0.25, 0.3) is 0 Å². The third kappa shape index (κ3) is 3.97. The Morgan fingerprint density at radius 2 is 2.06 bits per heavy atom. The van der Waals surface area contributed by atoms with E-state index in [1.165, 1.54) is 19.3 Å². The molecule has 4 heterocycles. The normalized spacial score (nSPS) is 19.6. The van der Waals surface area contributed by atoms with E-state index in [2.05, 4.69) is 25.4 Å². The minimum atomic E-state index is -0.388. The van der Waals surface area contributed by atoms with E-state index < -0.39 is 0 Å². The Morgan fingerprint density at radius 1 is 1.26 bits per heavy atom. The molecule has 2 aliphatic rings. The molecule has 0 spiro atoms. The van der Waals surface area contributed by atoms with Gasteiger partial charge >= 0.3 is 5.97 Å². The van der Waals surface area contributed by atoms with Gasteiger partial charge in [-0.15, -0.1) is 5.10 Å². The fourth-order valence-electron chi connectivity index (χ4n) is 4.67. The number of aromatic nitrogens is 5. The molecule has 10 nitrogen and oxygen atoms in total. The lowest BCUT2D eigenvalue weighted by Gasteiger charge is -2.33. The van der Waals surface area contributed by atoms with Crippen LogP contribution in [-0.2, 0) is 9.47 Å². The van der Waals surface area contributed by atoms with Crippen molar-refractivity contribution in [2.24, 2.45) is 0 Å². The summed E-state index contributed by atoms with van der Waals surface area (Å²) in [7, 11) is 0. The van der Waals surface area contributed by atoms with Gasteiger partial charge in [-0.3, -0.25) is 4.90 Å². The number of hydrogen-bond acceptors (Lipinski definition) is 8. The van der Waals surface area contributed by atoms with Crippen molar-refractivity contribution in [1.82, 2.24) is 30.1 Å². The third-order valence-electron chi connectivity index (χ3n) is 6.18. The molecule has 1 saturated heterocycles.